The molecule has 2 aliphatic heterocycles. The number of fused-ring (bicyclic) bond motifs is 2. The van der Waals surface area contributed by atoms with E-state index in [1.165, 1.54) is 11.1 Å². The first kappa shape index (κ1) is 28.8. The molecule has 10 heteroatoms. The van der Waals surface area contributed by atoms with Crippen molar-refractivity contribution in [2.45, 2.75) is 73.1 Å². The molecule has 0 aliphatic carbocycles. The van der Waals surface area contributed by atoms with Crippen molar-refractivity contribution < 1.29 is 14.3 Å². The standard InChI is InChI=1S/C33H41N7O3/c1-21-7-9-24(10-8-21)18-38-19-35-29-30(34-15-25-11-12-26-27(13-25)43-20-42-26)36-32(37-31(29)38)40-17-22(2)39(16-23(40)3)28(41)14-33(4,5)6/h7-13,19,22-23H,14-18,20H2,1-6H3,(H,34,36,37). The molecule has 2 aromatic heterocycles. The number of imidazole rings is 1. The first-order chi connectivity index (χ1) is 20.5. The van der Waals surface area contributed by atoms with Gasteiger partial charge in [-0.25, -0.2) is 4.98 Å². The number of piperazine rings is 1. The van der Waals surface area contributed by atoms with Crippen molar-refractivity contribution in [3.63, 3.8) is 0 Å². The van der Waals surface area contributed by atoms with Crippen LogP contribution in [0.3, 0.4) is 0 Å². The Bertz CT molecular complexity index is 1630. The van der Waals surface area contributed by atoms with Gasteiger partial charge in [0.25, 0.3) is 0 Å². The third-order valence-corrected chi connectivity index (χ3v) is 8.07. The van der Waals surface area contributed by atoms with E-state index in [0.717, 1.165) is 28.2 Å². The average molecular weight is 584 g/mol. The monoisotopic (exact) mass is 583 g/mol. The molecule has 2 aromatic carbocycles. The van der Waals surface area contributed by atoms with Gasteiger partial charge < -0.3 is 29.2 Å². The van der Waals surface area contributed by atoms with E-state index in [4.69, 9.17) is 24.4 Å². The molecule has 0 radical (unpaired) electrons. The number of hydrogen-bond donors (Lipinski definition) is 1. The summed E-state index contributed by atoms with van der Waals surface area (Å²) in [5.41, 5.74) is 4.88. The second-order valence-corrected chi connectivity index (χ2v) is 13.1. The number of aromatic nitrogens is 4. The summed E-state index contributed by atoms with van der Waals surface area (Å²) < 4.78 is 13.1. The van der Waals surface area contributed by atoms with Gasteiger partial charge >= 0.3 is 0 Å². The van der Waals surface area contributed by atoms with Crippen molar-refractivity contribution in [2.24, 2.45) is 5.41 Å². The van der Waals surface area contributed by atoms with Crippen molar-refractivity contribution in [3.05, 3.63) is 65.5 Å². The average Bonchev–Trinajstić information content (AvgIpc) is 3.59. The van der Waals surface area contributed by atoms with Gasteiger partial charge in [0, 0.05) is 38.1 Å². The van der Waals surface area contributed by atoms with Crippen molar-refractivity contribution in [2.75, 3.05) is 30.1 Å². The molecule has 0 saturated carbocycles. The second-order valence-electron chi connectivity index (χ2n) is 13.1. The lowest BCUT2D eigenvalue weighted by molar-refractivity contribution is -0.136. The Morgan fingerprint density at radius 3 is 2.49 bits per heavy atom. The van der Waals surface area contributed by atoms with Crippen LogP contribution in [0.5, 0.6) is 11.5 Å². The second kappa shape index (κ2) is 11.4. The molecule has 6 rings (SSSR count). The highest BCUT2D eigenvalue weighted by molar-refractivity contribution is 5.84. The molecule has 2 unspecified atom stereocenters. The minimum absolute atomic E-state index is 0.0351. The van der Waals surface area contributed by atoms with Gasteiger partial charge in [-0.15, -0.1) is 0 Å². The molecule has 2 atom stereocenters. The topological polar surface area (TPSA) is 97.6 Å². The quantitative estimate of drug-likeness (QED) is 0.310. The Morgan fingerprint density at radius 1 is 0.977 bits per heavy atom. The lowest BCUT2D eigenvalue weighted by Crippen LogP contribution is -2.59. The highest BCUT2D eigenvalue weighted by Crippen LogP contribution is 2.33. The molecule has 2 aliphatic rings. The maximum atomic E-state index is 13.2. The Morgan fingerprint density at radius 2 is 1.72 bits per heavy atom. The van der Waals surface area contributed by atoms with E-state index in [9.17, 15) is 4.79 Å². The summed E-state index contributed by atoms with van der Waals surface area (Å²) in [4.78, 5) is 32.3. The zero-order valence-electron chi connectivity index (χ0n) is 25.9. The summed E-state index contributed by atoms with van der Waals surface area (Å²) >= 11 is 0. The third-order valence-electron chi connectivity index (χ3n) is 8.07. The van der Waals surface area contributed by atoms with Crippen LogP contribution in [0, 0.1) is 12.3 Å². The van der Waals surface area contributed by atoms with Crippen LogP contribution in [0.25, 0.3) is 11.2 Å². The molecule has 1 saturated heterocycles. The van der Waals surface area contributed by atoms with Gasteiger partial charge in [-0.3, -0.25) is 4.79 Å². The number of nitrogens with one attached hydrogen (secondary N) is 1. The maximum absolute atomic E-state index is 13.2. The van der Waals surface area contributed by atoms with Crippen molar-refractivity contribution in [1.82, 2.24) is 24.4 Å². The van der Waals surface area contributed by atoms with Gasteiger partial charge in [0.15, 0.2) is 28.5 Å². The summed E-state index contributed by atoms with van der Waals surface area (Å²) in [5.74, 6) is 3.01. The molecular weight excluding hydrogens is 542 g/mol. The summed E-state index contributed by atoms with van der Waals surface area (Å²) in [6.07, 6.45) is 2.36. The van der Waals surface area contributed by atoms with Crippen molar-refractivity contribution in [1.29, 1.82) is 0 Å². The van der Waals surface area contributed by atoms with Crippen LogP contribution in [0.2, 0.25) is 0 Å². The van der Waals surface area contributed by atoms with E-state index < -0.39 is 0 Å². The number of aryl methyl sites for hydroxylation is 1. The van der Waals surface area contributed by atoms with Crippen LogP contribution < -0.4 is 19.7 Å². The smallest absolute Gasteiger partial charge is 0.231 e. The molecule has 226 valence electrons. The fourth-order valence-corrected chi connectivity index (χ4v) is 5.74. The highest BCUT2D eigenvalue weighted by Gasteiger charge is 2.35. The summed E-state index contributed by atoms with van der Waals surface area (Å²) in [5, 5.41) is 3.52. The number of nitrogens with zero attached hydrogens (tertiary/aromatic N) is 6. The van der Waals surface area contributed by atoms with Crippen LogP contribution in [0.1, 0.15) is 57.7 Å². The molecule has 0 spiro atoms. The van der Waals surface area contributed by atoms with E-state index in [1.54, 1.807) is 0 Å². The molecule has 0 bridgehead atoms. The molecular formula is C33H41N7O3. The number of anilines is 2. The van der Waals surface area contributed by atoms with Crippen molar-refractivity contribution >= 4 is 28.8 Å². The van der Waals surface area contributed by atoms with Gasteiger partial charge in [0.1, 0.15) is 0 Å². The first-order valence-electron chi connectivity index (χ1n) is 15.0. The summed E-state index contributed by atoms with van der Waals surface area (Å²) in [7, 11) is 0. The van der Waals surface area contributed by atoms with Crippen LogP contribution in [-0.2, 0) is 17.9 Å². The van der Waals surface area contributed by atoms with Gasteiger partial charge in [-0.05, 0) is 49.4 Å². The Hall–Kier alpha value is -4.34. The fourth-order valence-electron chi connectivity index (χ4n) is 5.74. The predicted octanol–water partition coefficient (Wildman–Crippen LogP) is 5.39. The number of benzene rings is 2. The number of rotatable bonds is 7. The van der Waals surface area contributed by atoms with E-state index in [2.05, 4.69) is 80.6 Å². The number of amides is 1. The number of ether oxygens (including phenoxy) is 2. The van der Waals surface area contributed by atoms with Crippen LogP contribution in [0.15, 0.2) is 48.8 Å². The number of hydrogen-bond acceptors (Lipinski definition) is 8. The third kappa shape index (κ3) is 6.23. The number of carbonyl (C=O) groups is 1. The lowest BCUT2D eigenvalue weighted by Gasteiger charge is -2.44. The largest absolute Gasteiger partial charge is 0.454 e. The van der Waals surface area contributed by atoms with Gasteiger partial charge in [-0.1, -0.05) is 56.7 Å². The molecule has 1 N–H and O–H groups in total. The Kier molecular flexibility index (Phi) is 7.62. The molecule has 4 heterocycles. The zero-order chi connectivity index (χ0) is 30.3. The van der Waals surface area contributed by atoms with E-state index in [0.29, 0.717) is 44.4 Å². The highest BCUT2D eigenvalue weighted by atomic mass is 16.7. The minimum atomic E-state index is -0.0558. The SMILES string of the molecule is Cc1ccc(Cn2cnc3c(NCc4ccc5c(c4)OCO5)nc(N4CC(C)N(C(=O)CC(C)(C)C)CC4C)nc32)cc1. The van der Waals surface area contributed by atoms with E-state index in [-0.39, 0.29) is 30.2 Å². The summed E-state index contributed by atoms with van der Waals surface area (Å²) in [6.45, 7) is 15.4. The van der Waals surface area contributed by atoms with Crippen LogP contribution in [-0.4, -0.2) is 62.3 Å². The van der Waals surface area contributed by atoms with Gasteiger partial charge in [0.05, 0.1) is 12.9 Å². The normalized spacial score (nSPS) is 18.4. The van der Waals surface area contributed by atoms with Crippen LogP contribution >= 0.6 is 0 Å². The lowest BCUT2D eigenvalue weighted by atomic mass is 9.91. The van der Waals surface area contributed by atoms with Gasteiger partial charge in [-0.2, -0.15) is 9.97 Å². The molecule has 1 fully saturated rings. The van der Waals surface area contributed by atoms with E-state index >= 15 is 0 Å². The predicted molar refractivity (Wildman–Crippen MR) is 168 cm³/mol. The summed E-state index contributed by atoms with van der Waals surface area (Å²) in [6, 6.07) is 14.5. The molecule has 10 nitrogen and oxygen atoms in total. The fraction of sp³-hybridized carbons (Fsp3) is 0.455. The molecule has 1 amide bonds. The Labute approximate surface area is 253 Å². The minimum Gasteiger partial charge on any atom is -0.454 e. The number of carbonyl (C=O) groups excluding carboxylic acids is 1. The van der Waals surface area contributed by atoms with E-state index in [1.807, 2.05) is 29.4 Å². The van der Waals surface area contributed by atoms with Crippen molar-refractivity contribution in [3.8, 4) is 11.5 Å². The first-order valence-corrected chi connectivity index (χ1v) is 15.0. The maximum Gasteiger partial charge on any atom is 0.231 e. The van der Waals surface area contributed by atoms with Gasteiger partial charge in [0.2, 0.25) is 18.6 Å². The Balaban J connectivity index is 1.31. The van der Waals surface area contributed by atoms with Crippen LogP contribution in [0.4, 0.5) is 11.8 Å². The molecule has 43 heavy (non-hydrogen) atoms. The zero-order valence-corrected chi connectivity index (χ0v) is 25.9. The molecule has 4 aromatic rings.